The highest BCUT2D eigenvalue weighted by Gasteiger charge is 2.23. The number of β-amino-alcohol motifs (C(OH)–C–C–N with tert-alkyl or cyclic N) is 1. The lowest BCUT2D eigenvalue weighted by Crippen LogP contribution is -2.51. The molecule has 0 aromatic carbocycles. The average molecular weight is 167 g/mol. The number of carbonyl (C=O) groups is 1. The molecule has 1 aliphatic heterocycles. The smallest absolute Gasteiger partial charge is 0.237 e. The molecule has 0 aliphatic carbocycles. The third-order valence-electron chi connectivity index (χ3n) is 1.37. The SMILES string of the molecule is Cl.N[C@@H]1C[C@H](O)CNC1=O. The minimum absolute atomic E-state index is 0. The normalized spacial score (nSPS) is 32.4. The Labute approximate surface area is 65.2 Å². The molecule has 10 heavy (non-hydrogen) atoms. The van der Waals surface area contributed by atoms with Gasteiger partial charge in [0.25, 0.3) is 0 Å². The number of hydrogen-bond acceptors (Lipinski definition) is 3. The Morgan fingerprint density at radius 1 is 1.70 bits per heavy atom. The maximum atomic E-state index is 10.6. The van der Waals surface area contributed by atoms with E-state index in [-0.39, 0.29) is 18.3 Å². The molecule has 1 saturated heterocycles. The first-order valence-electron chi connectivity index (χ1n) is 2.91. The van der Waals surface area contributed by atoms with E-state index in [9.17, 15) is 4.79 Å². The zero-order valence-electron chi connectivity index (χ0n) is 5.41. The van der Waals surface area contributed by atoms with Gasteiger partial charge in [0.2, 0.25) is 5.91 Å². The van der Waals surface area contributed by atoms with Gasteiger partial charge in [0.1, 0.15) is 0 Å². The monoisotopic (exact) mass is 166 g/mol. The molecule has 0 radical (unpaired) electrons. The lowest BCUT2D eigenvalue weighted by Gasteiger charge is -2.22. The molecule has 60 valence electrons. The molecule has 0 bridgehead atoms. The molecule has 1 fully saturated rings. The van der Waals surface area contributed by atoms with Crippen LogP contribution in [0, 0.1) is 0 Å². The van der Waals surface area contributed by atoms with Crippen LogP contribution in [-0.2, 0) is 4.79 Å². The molecule has 1 amide bonds. The summed E-state index contributed by atoms with van der Waals surface area (Å²) in [4.78, 5) is 10.6. The summed E-state index contributed by atoms with van der Waals surface area (Å²) < 4.78 is 0. The first-order chi connectivity index (χ1) is 4.20. The van der Waals surface area contributed by atoms with Crippen molar-refractivity contribution in [3.63, 3.8) is 0 Å². The molecule has 0 aromatic rings. The van der Waals surface area contributed by atoms with Crippen molar-refractivity contribution in [3.05, 3.63) is 0 Å². The zero-order chi connectivity index (χ0) is 6.85. The second-order valence-electron chi connectivity index (χ2n) is 2.24. The van der Waals surface area contributed by atoms with Crippen LogP contribution in [-0.4, -0.2) is 29.7 Å². The van der Waals surface area contributed by atoms with Gasteiger partial charge in [-0.25, -0.2) is 0 Å². The van der Waals surface area contributed by atoms with Crippen LogP contribution in [0.25, 0.3) is 0 Å². The van der Waals surface area contributed by atoms with Crippen LogP contribution in [0.3, 0.4) is 0 Å². The van der Waals surface area contributed by atoms with E-state index in [2.05, 4.69) is 5.32 Å². The summed E-state index contributed by atoms with van der Waals surface area (Å²) in [6.45, 7) is 0.340. The number of hydrogen-bond donors (Lipinski definition) is 3. The Balaban J connectivity index is 0.000000810. The maximum absolute atomic E-state index is 10.6. The Hall–Kier alpha value is -0.320. The van der Waals surface area contributed by atoms with Gasteiger partial charge in [-0.2, -0.15) is 0 Å². The topological polar surface area (TPSA) is 75.3 Å². The van der Waals surface area contributed by atoms with Gasteiger partial charge < -0.3 is 16.2 Å². The van der Waals surface area contributed by atoms with Crippen LogP contribution >= 0.6 is 12.4 Å². The van der Waals surface area contributed by atoms with Gasteiger partial charge >= 0.3 is 0 Å². The van der Waals surface area contributed by atoms with E-state index < -0.39 is 12.1 Å². The van der Waals surface area contributed by atoms with E-state index in [4.69, 9.17) is 10.8 Å². The third-order valence-corrected chi connectivity index (χ3v) is 1.37. The Bertz CT molecular complexity index is 131. The van der Waals surface area contributed by atoms with Crippen molar-refractivity contribution in [3.8, 4) is 0 Å². The lowest BCUT2D eigenvalue weighted by atomic mass is 10.1. The second-order valence-corrected chi connectivity index (χ2v) is 2.24. The number of nitrogens with two attached hydrogens (primary N) is 1. The fourth-order valence-electron chi connectivity index (χ4n) is 0.833. The van der Waals surface area contributed by atoms with Gasteiger partial charge in [0.15, 0.2) is 0 Å². The van der Waals surface area contributed by atoms with Crippen molar-refractivity contribution in [1.82, 2.24) is 5.32 Å². The van der Waals surface area contributed by atoms with Gasteiger partial charge in [-0.3, -0.25) is 4.79 Å². The molecule has 1 rings (SSSR count). The standard InChI is InChI=1S/C5H10N2O2.ClH/c6-4-1-3(8)2-7-5(4)9;/h3-4,8H,1-2,6H2,(H,7,9);1H/t3-,4+;/m0./s1. The summed E-state index contributed by atoms with van der Waals surface area (Å²) >= 11 is 0. The van der Waals surface area contributed by atoms with E-state index in [1.807, 2.05) is 0 Å². The molecule has 5 heteroatoms. The quantitative estimate of drug-likeness (QED) is 0.415. The number of nitrogens with one attached hydrogen (secondary N) is 1. The molecule has 0 aromatic heterocycles. The highest BCUT2D eigenvalue weighted by Crippen LogP contribution is 2.00. The Morgan fingerprint density at radius 2 is 2.30 bits per heavy atom. The Kier molecular flexibility index (Phi) is 3.63. The van der Waals surface area contributed by atoms with Crippen molar-refractivity contribution >= 4 is 18.3 Å². The van der Waals surface area contributed by atoms with Gasteiger partial charge in [-0.15, -0.1) is 12.4 Å². The number of halogens is 1. The van der Waals surface area contributed by atoms with E-state index in [0.29, 0.717) is 13.0 Å². The lowest BCUT2D eigenvalue weighted by molar-refractivity contribution is -0.125. The van der Waals surface area contributed by atoms with E-state index in [1.54, 1.807) is 0 Å². The largest absolute Gasteiger partial charge is 0.391 e. The van der Waals surface area contributed by atoms with Gasteiger partial charge in [-0.1, -0.05) is 0 Å². The fourth-order valence-corrected chi connectivity index (χ4v) is 0.833. The van der Waals surface area contributed by atoms with Crippen LogP contribution in [0.15, 0.2) is 0 Å². The van der Waals surface area contributed by atoms with Crippen molar-refractivity contribution in [2.24, 2.45) is 5.73 Å². The highest BCUT2D eigenvalue weighted by atomic mass is 35.5. The first-order valence-corrected chi connectivity index (χ1v) is 2.91. The zero-order valence-corrected chi connectivity index (χ0v) is 6.23. The number of aliphatic hydroxyl groups excluding tert-OH is 1. The van der Waals surface area contributed by atoms with E-state index in [1.165, 1.54) is 0 Å². The van der Waals surface area contributed by atoms with Crippen LogP contribution in [0.2, 0.25) is 0 Å². The Morgan fingerprint density at radius 3 is 2.70 bits per heavy atom. The summed E-state index contributed by atoms with van der Waals surface area (Å²) in [6, 6.07) is -0.520. The van der Waals surface area contributed by atoms with Crippen LogP contribution in [0.1, 0.15) is 6.42 Å². The van der Waals surface area contributed by atoms with Crippen molar-refractivity contribution in [2.75, 3.05) is 6.54 Å². The van der Waals surface area contributed by atoms with E-state index >= 15 is 0 Å². The van der Waals surface area contributed by atoms with Gasteiger partial charge in [-0.05, 0) is 6.42 Å². The van der Waals surface area contributed by atoms with Crippen molar-refractivity contribution < 1.29 is 9.90 Å². The first kappa shape index (κ1) is 9.68. The minimum atomic E-state index is -0.520. The number of rotatable bonds is 0. The summed E-state index contributed by atoms with van der Waals surface area (Å²) in [6.07, 6.45) is -0.0797. The third kappa shape index (κ3) is 2.13. The summed E-state index contributed by atoms with van der Waals surface area (Å²) in [5, 5.41) is 11.4. The van der Waals surface area contributed by atoms with E-state index in [0.717, 1.165) is 0 Å². The maximum Gasteiger partial charge on any atom is 0.237 e. The summed E-state index contributed by atoms with van der Waals surface area (Å²) in [5.74, 6) is -0.166. The molecular formula is C5H11ClN2O2. The summed E-state index contributed by atoms with van der Waals surface area (Å²) in [5.41, 5.74) is 5.30. The minimum Gasteiger partial charge on any atom is -0.391 e. The fraction of sp³-hybridized carbons (Fsp3) is 0.800. The molecule has 4 N–H and O–H groups in total. The average Bonchev–Trinajstić information content (AvgIpc) is 1.80. The van der Waals surface area contributed by atoms with Crippen LogP contribution in [0.5, 0.6) is 0 Å². The van der Waals surface area contributed by atoms with Crippen molar-refractivity contribution in [2.45, 2.75) is 18.6 Å². The molecule has 2 atom stereocenters. The second kappa shape index (κ2) is 3.75. The number of aliphatic hydroxyl groups is 1. The molecule has 0 unspecified atom stereocenters. The number of carbonyl (C=O) groups excluding carboxylic acids is 1. The predicted octanol–water partition coefficient (Wildman–Crippen LogP) is -1.38. The van der Waals surface area contributed by atoms with Gasteiger partial charge in [0, 0.05) is 6.54 Å². The molecular weight excluding hydrogens is 156 g/mol. The number of amides is 1. The molecule has 0 saturated carbocycles. The molecule has 1 aliphatic rings. The summed E-state index contributed by atoms with van der Waals surface area (Å²) in [7, 11) is 0. The van der Waals surface area contributed by atoms with Crippen LogP contribution < -0.4 is 11.1 Å². The predicted molar refractivity (Wildman–Crippen MR) is 38.9 cm³/mol. The molecule has 0 spiro atoms. The van der Waals surface area contributed by atoms with Crippen molar-refractivity contribution in [1.29, 1.82) is 0 Å². The highest BCUT2D eigenvalue weighted by molar-refractivity contribution is 5.85. The van der Waals surface area contributed by atoms with Crippen LogP contribution in [0.4, 0.5) is 0 Å². The molecule has 1 heterocycles. The van der Waals surface area contributed by atoms with Gasteiger partial charge in [0.05, 0.1) is 12.1 Å². The molecule has 4 nitrogen and oxygen atoms in total. The number of piperidine rings is 1.